The number of thiophene rings is 1. The highest BCUT2D eigenvalue weighted by Crippen LogP contribution is 2.36. The maximum absolute atomic E-state index is 12.9. The molecule has 156 valence electrons. The summed E-state index contributed by atoms with van der Waals surface area (Å²) in [4.78, 5) is 35.2. The summed E-state index contributed by atoms with van der Waals surface area (Å²) in [5, 5.41) is 1.60. The predicted octanol–water partition coefficient (Wildman–Crippen LogP) is 4.36. The molecular formula is C22H17FN4O2S2. The lowest BCUT2D eigenvalue weighted by Crippen LogP contribution is -2.42. The van der Waals surface area contributed by atoms with Gasteiger partial charge in [-0.1, -0.05) is 42.1 Å². The fourth-order valence-electron chi connectivity index (χ4n) is 2.82. The summed E-state index contributed by atoms with van der Waals surface area (Å²) in [5.41, 5.74) is 6.03. The van der Waals surface area contributed by atoms with Crippen molar-refractivity contribution in [3.63, 3.8) is 0 Å². The first-order valence-corrected chi connectivity index (χ1v) is 11.1. The van der Waals surface area contributed by atoms with Gasteiger partial charge in [-0.05, 0) is 42.8 Å². The molecule has 2 amide bonds. The van der Waals surface area contributed by atoms with Crippen LogP contribution in [0.2, 0.25) is 0 Å². The highest BCUT2D eigenvalue weighted by molar-refractivity contribution is 8.00. The van der Waals surface area contributed by atoms with Crippen LogP contribution >= 0.6 is 23.1 Å². The molecule has 0 saturated carbocycles. The Bertz CT molecular complexity index is 1240. The smallest absolute Gasteiger partial charge is 0.269 e. The van der Waals surface area contributed by atoms with Crippen molar-refractivity contribution in [2.75, 3.05) is 5.75 Å². The molecule has 0 fully saturated rings. The molecule has 2 heterocycles. The summed E-state index contributed by atoms with van der Waals surface area (Å²) in [6, 6.07) is 17.1. The number of amides is 2. The number of fused-ring (bicyclic) bond motifs is 1. The first kappa shape index (κ1) is 21.0. The molecule has 0 aliphatic carbocycles. The highest BCUT2D eigenvalue weighted by Gasteiger charge is 2.14. The lowest BCUT2D eigenvalue weighted by molar-refractivity contribution is -0.119. The summed E-state index contributed by atoms with van der Waals surface area (Å²) in [6.45, 7) is 1.81. The molecule has 4 rings (SSSR count). The largest absolute Gasteiger partial charge is 0.272 e. The van der Waals surface area contributed by atoms with Gasteiger partial charge in [0.2, 0.25) is 5.91 Å². The Morgan fingerprint density at radius 3 is 2.52 bits per heavy atom. The highest BCUT2D eigenvalue weighted by atomic mass is 32.2. The minimum absolute atomic E-state index is 0.0613. The predicted molar refractivity (Wildman–Crippen MR) is 120 cm³/mol. The van der Waals surface area contributed by atoms with Crippen molar-refractivity contribution in [2.45, 2.75) is 11.9 Å². The van der Waals surface area contributed by atoms with Crippen LogP contribution in [0.1, 0.15) is 16.2 Å². The molecule has 0 unspecified atom stereocenters. The van der Waals surface area contributed by atoms with Crippen LogP contribution < -0.4 is 10.9 Å². The number of thioether (sulfide) groups is 1. The number of rotatable bonds is 5. The summed E-state index contributed by atoms with van der Waals surface area (Å²) < 4.78 is 12.9. The van der Waals surface area contributed by atoms with E-state index in [2.05, 4.69) is 20.8 Å². The van der Waals surface area contributed by atoms with E-state index in [-0.39, 0.29) is 17.2 Å². The zero-order valence-electron chi connectivity index (χ0n) is 16.4. The van der Waals surface area contributed by atoms with Crippen LogP contribution in [0.15, 0.2) is 65.7 Å². The van der Waals surface area contributed by atoms with Gasteiger partial charge in [0.1, 0.15) is 21.5 Å². The van der Waals surface area contributed by atoms with Gasteiger partial charge in [0.15, 0.2) is 0 Å². The van der Waals surface area contributed by atoms with Gasteiger partial charge < -0.3 is 0 Å². The molecule has 4 aromatic rings. The molecule has 0 spiro atoms. The van der Waals surface area contributed by atoms with E-state index >= 15 is 0 Å². The number of hydrogen-bond donors (Lipinski definition) is 2. The topological polar surface area (TPSA) is 84.0 Å². The summed E-state index contributed by atoms with van der Waals surface area (Å²) in [7, 11) is 0. The van der Waals surface area contributed by atoms with Crippen molar-refractivity contribution in [3.05, 3.63) is 77.9 Å². The second-order valence-corrected chi connectivity index (χ2v) is 8.56. The minimum atomic E-state index is -0.524. The van der Waals surface area contributed by atoms with Crippen LogP contribution in [0.25, 0.3) is 20.7 Å². The van der Waals surface area contributed by atoms with E-state index in [0.29, 0.717) is 10.9 Å². The number of halogens is 1. The Morgan fingerprint density at radius 1 is 1.03 bits per heavy atom. The first-order chi connectivity index (χ1) is 15.0. The number of aryl methyl sites for hydroxylation is 1. The molecule has 0 atom stereocenters. The van der Waals surface area contributed by atoms with E-state index in [1.165, 1.54) is 36.0 Å². The van der Waals surface area contributed by atoms with Gasteiger partial charge in [-0.15, -0.1) is 11.3 Å². The normalized spacial score (nSPS) is 10.8. The number of hydrazine groups is 1. The minimum Gasteiger partial charge on any atom is -0.272 e. The van der Waals surface area contributed by atoms with Crippen LogP contribution in [0, 0.1) is 12.7 Å². The number of nitrogens with zero attached hydrogens (tertiary/aromatic N) is 2. The Balaban J connectivity index is 1.42. The van der Waals surface area contributed by atoms with Crippen molar-refractivity contribution in [2.24, 2.45) is 0 Å². The maximum atomic E-state index is 12.9. The Hall–Kier alpha value is -3.30. The first-order valence-electron chi connectivity index (χ1n) is 9.31. The van der Waals surface area contributed by atoms with Crippen LogP contribution in [0.5, 0.6) is 0 Å². The molecule has 0 saturated heterocycles. The van der Waals surface area contributed by atoms with Gasteiger partial charge in [0, 0.05) is 15.8 Å². The fraction of sp³-hybridized carbons (Fsp3) is 0.0909. The van der Waals surface area contributed by atoms with Crippen molar-refractivity contribution < 1.29 is 14.0 Å². The average Bonchev–Trinajstić information content (AvgIpc) is 3.21. The maximum Gasteiger partial charge on any atom is 0.269 e. The van der Waals surface area contributed by atoms with E-state index in [9.17, 15) is 14.0 Å². The van der Waals surface area contributed by atoms with Crippen molar-refractivity contribution in [1.29, 1.82) is 0 Å². The lowest BCUT2D eigenvalue weighted by Gasteiger charge is -2.07. The molecule has 2 aromatic heterocycles. The third kappa shape index (κ3) is 5.07. The van der Waals surface area contributed by atoms with Gasteiger partial charge >= 0.3 is 0 Å². The summed E-state index contributed by atoms with van der Waals surface area (Å²) in [5.74, 6) is -0.660. The number of carbonyl (C=O) groups excluding carboxylic acids is 2. The third-order valence-electron chi connectivity index (χ3n) is 4.29. The fourth-order valence-corrected chi connectivity index (χ4v) is 4.82. The molecule has 31 heavy (non-hydrogen) atoms. The number of benzene rings is 2. The van der Waals surface area contributed by atoms with Gasteiger partial charge in [-0.2, -0.15) is 0 Å². The number of nitrogens with one attached hydrogen (secondary N) is 2. The third-order valence-corrected chi connectivity index (χ3v) is 6.36. The van der Waals surface area contributed by atoms with Crippen LogP contribution in [0.3, 0.4) is 0 Å². The van der Waals surface area contributed by atoms with Crippen molar-refractivity contribution >= 4 is 45.1 Å². The van der Waals surface area contributed by atoms with Crippen LogP contribution in [0.4, 0.5) is 4.39 Å². The van der Waals surface area contributed by atoms with E-state index in [1.54, 1.807) is 11.3 Å². The Kier molecular flexibility index (Phi) is 6.24. The van der Waals surface area contributed by atoms with E-state index in [0.717, 1.165) is 20.7 Å². The molecule has 0 bridgehead atoms. The molecule has 2 aromatic carbocycles. The lowest BCUT2D eigenvalue weighted by atomic mass is 10.2. The van der Waals surface area contributed by atoms with E-state index in [4.69, 9.17) is 0 Å². The van der Waals surface area contributed by atoms with Crippen LogP contribution in [-0.2, 0) is 4.79 Å². The summed E-state index contributed by atoms with van der Waals surface area (Å²) >= 11 is 2.85. The summed E-state index contributed by atoms with van der Waals surface area (Å²) in [6.07, 6.45) is 0. The van der Waals surface area contributed by atoms with Gasteiger partial charge in [-0.25, -0.2) is 14.4 Å². The second-order valence-electron chi connectivity index (χ2n) is 6.57. The monoisotopic (exact) mass is 452 g/mol. The van der Waals surface area contributed by atoms with Gasteiger partial charge in [0.05, 0.1) is 5.75 Å². The van der Waals surface area contributed by atoms with Crippen LogP contribution in [-0.4, -0.2) is 27.5 Å². The Labute approximate surface area is 185 Å². The van der Waals surface area contributed by atoms with Gasteiger partial charge in [-0.3, -0.25) is 20.4 Å². The molecule has 0 radical (unpaired) electrons. The zero-order valence-corrected chi connectivity index (χ0v) is 18.0. The van der Waals surface area contributed by atoms with Crippen molar-refractivity contribution in [3.8, 4) is 10.4 Å². The standard InChI is InChI=1S/C22H17FN4O2S2/c1-13-24-21(17-11-18(31-22(17)25-13)14-5-3-2-4-6-14)30-12-19(28)26-27-20(29)15-7-9-16(23)10-8-15/h2-11H,12H2,1H3,(H,26,28)(H,27,29). The molecule has 0 aliphatic heterocycles. The molecular weight excluding hydrogens is 435 g/mol. The number of hydrogen-bond acceptors (Lipinski definition) is 6. The van der Waals surface area contributed by atoms with Crippen molar-refractivity contribution in [1.82, 2.24) is 20.8 Å². The SMILES string of the molecule is Cc1nc(SCC(=O)NNC(=O)c2ccc(F)cc2)c2cc(-c3ccccc3)sc2n1. The zero-order chi connectivity index (χ0) is 21.8. The second kappa shape index (κ2) is 9.23. The quantitative estimate of drug-likeness (QED) is 0.267. The molecule has 2 N–H and O–H groups in total. The number of carbonyl (C=O) groups is 2. The average molecular weight is 453 g/mol. The molecule has 6 nitrogen and oxygen atoms in total. The molecule has 9 heteroatoms. The van der Waals surface area contributed by atoms with E-state index < -0.39 is 11.7 Å². The van der Waals surface area contributed by atoms with E-state index in [1.807, 2.05) is 43.3 Å². The van der Waals surface area contributed by atoms with Gasteiger partial charge in [0.25, 0.3) is 5.91 Å². The molecule has 0 aliphatic rings. The number of aromatic nitrogens is 2. The Morgan fingerprint density at radius 2 is 1.77 bits per heavy atom.